The van der Waals surface area contributed by atoms with Gasteiger partial charge >= 0.3 is 0 Å². The summed E-state index contributed by atoms with van der Waals surface area (Å²) in [4.78, 5) is 2.60. The molecule has 1 aliphatic rings. The Bertz CT molecular complexity index is 1500. The summed E-state index contributed by atoms with van der Waals surface area (Å²) < 4.78 is 8.69. The topological polar surface area (TPSA) is 60.0 Å². The molecule has 184 valence electrons. The molecule has 0 atom stereocenters. The number of hydrogen-bond acceptors (Lipinski definition) is 7. The molecule has 0 amide bonds. The molecule has 0 saturated carbocycles. The van der Waals surface area contributed by atoms with Crippen molar-refractivity contribution >= 4 is 33.2 Å². The third kappa shape index (κ3) is 4.73. The van der Waals surface area contributed by atoms with Gasteiger partial charge in [-0.15, -0.1) is 21.5 Å². The first-order chi connectivity index (χ1) is 17.7. The minimum atomic E-state index is 0.849. The van der Waals surface area contributed by atoms with E-state index in [1.165, 1.54) is 26.8 Å². The molecular weight excluding hydrogens is 486 g/mol. The summed E-state index contributed by atoms with van der Waals surface area (Å²) in [6, 6.07) is 17.3. The average Bonchev–Trinajstić information content (AvgIpc) is 3.58. The van der Waals surface area contributed by atoms with Crippen LogP contribution in [-0.4, -0.2) is 50.2 Å². The van der Waals surface area contributed by atoms with Crippen LogP contribution in [0.4, 0.5) is 0 Å². The fourth-order valence-corrected chi connectivity index (χ4v) is 6.71. The fourth-order valence-electron chi connectivity index (χ4n) is 4.93. The number of benzene rings is 2. The number of thiophene rings is 1. The molecular formula is C28H29N5OS2. The lowest BCUT2D eigenvalue weighted by molar-refractivity contribution is 0.289. The molecule has 0 fully saturated rings. The molecule has 36 heavy (non-hydrogen) atoms. The highest BCUT2D eigenvalue weighted by Gasteiger charge is 2.17. The van der Waals surface area contributed by atoms with Gasteiger partial charge in [0, 0.05) is 58.5 Å². The number of thioether (sulfide) groups is 1. The highest BCUT2D eigenvalue weighted by atomic mass is 32.2. The standard InChI is InChI=1S/C28H29N5OS2/c1-19-16-25(31-34-19)22-9-8-20-10-13-33(14-11-21(20)17-22)12-5-15-35-28-30-29-27(32(28)2)24-18-36-26-7-4-3-6-23(24)26/h3-4,6-9,16-18H,5,10-15H2,1-2H3. The SMILES string of the molecule is Cc1cc(-c2ccc3c(c2)CCN(CCCSc2nnc(-c4csc5ccccc45)n2C)CC3)no1. The first-order valence-corrected chi connectivity index (χ1v) is 14.3. The molecule has 5 aromatic rings. The smallest absolute Gasteiger partial charge is 0.191 e. The summed E-state index contributed by atoms with van der Waals surface area (Å²) in [5.41, 5.74) is 6.14. The van der Waals surface area contributed by atoms with E-state index in [1.54, 1.807) is 23.1 Å². The van der Waals surface area contributed by atoms with E-state index >= 15 is 0 Å². The van der Waals surface area contributed by atoms with Crippen LogP contribution in [0.25, 0.3) is 32.7 Å². The highest BCUT2D eigenvalue weighted by Crippen LogP contribution is 2.34. The van der Waals surface area contributed by atoms with Crippen molar-refractivity contribution in [2.24, 2.45) is 7.05 Å². The van der Waals surface area contributed by atoms with Crippen LogP contribution in [0.15, 0.2) is 63.6 Å². The summed E-state index contributed by atoms with van der Waals surface area (Å²) in [5, 5.41) is 17.6. The predicted octanol–water partition coefficient (Wildman–Crippen LogP) is 6.24. The third-order valence-electron chi connectivity index (χ3n) is 6.93. The molecule has 8 heteroatoms. The first-order valence-electron chi connectivity index (χ1n) is 12.4. The Kier molecular flexibility index (Phi) is 6.65. The van der Waals surface area contributed by atoms with Crippen molar-refractivity contribution in [1.82, 2.24) is 24.8 Å². The van der Waals surface area contributed by atoms with Crippen molar-refractivity contribution in [3.05, 3.63) is 70.8 Å². The van der Waals surface area contributed by atoms with Gasteiger partial charge in [-0.05, 0) is 56.0 Å². The zero-order chi connectivity index (χ0) is 24.5. The van der Waals surface area contributed by atoms with Crippen molar-refractivity contribution in [3.63, 3.8) is 0 Å². The largest absolute Gasteiger partial charge is 0.361 e. The number of rotatable bonds is 7. The lowest BCUT2D eigenvalue weighted by Gasteiger charge is -2.19. The second-order valence-corrected chi connectivity index (χ2v) is 11.3. The molecule has 1 aliphatic heterocycles. The average molecular weight is 516 g/mol. The molecule has 6 nitrogen and oxygen atoms in total. The number of aromatic nitrogens is 4. The van der Waals surface area contributed by atoms with Crippen LogP contribution < -0.4 is 0 Å². The minimum absolute atomic E-state index is 0.849. The molecule has 4 heterocycles. The van der Waals surface area contributed by atoms with Crippen molar-refractivity contribution in [3.8, 4) is 22.6 Å². The van der Waals surface area contributed by atoms with Gasteiger partial charge in [-0.25, -0.2) is 0 Å². The van der Waals surface area contributed by atoms with Gasteiger partial charge in [-0.1, -0.05) is 47.3 Å². The van der Waals surface area contributed by atoms with Gasteiger partial charge in [0.05, 0.1) is 0 Å². The van der Waals surface area contributed by atoms with Crippen molar-refractivity contribution in [2.45, 2.75) is 31.3 Å². The lowest BCUT2D eigenvalue weighted by atomic mass is 9.99. The minimum Gasteiger partial charge on any atom is -0.361 e. The van der Waals surface area contributed by atoms with Crippen molar-refractivity contribution < 1.29 is 4.52 Å². The fraction of sp³-hybridized carbons (Fsp3) is 0.321. The Balaban J connectivity index is 1.03. The first kappa shape index (κ1) is 23.5. The van der Waals surface area contributed by atoms with E-state index in [0.717, 1.165) is 72.6 Å². The van der Waals surface area contributed by atoms with Gasteiger partial charge in [0.25, 0.3) is 0 Å². The van der Waals surface area contributed by atoms with Crippen LogP contribution in [0.3, 0.4) is 0 Å². The molecule has 0 saturated heterocycles. The van der Waals surface area contributed by atoms with E-state index in [9.17, 15) is 0 Å². The summed E-state index contributed by atoms with van der Waals surface area (Å²) in [6.07, 6.45) is 3.31. The highest BCUT2D eigenvalue weighted by molar-refractivity contribution is 7.99. The van der Waals surface area contributed by atoms with E-state index in [-0.39, 0.29) is 0 Å². The molecule has 2 aromatic carbocycles. The van der Waals surface area contributed by atoms with Crippen molar-refractivity contribution in [1.29, 1.82) is 0 Å². The van der Waals surface area contributed by atoms with E-state index < -0.39 is 0 Å². The van der Waals surface area contributed by atoms with Gasteiger partial charge < -0.3 is 14.0 Å². The van der Waals surface area contributed by atoms with Gasteiger partial charge in [0.2, 0.25) is 0 Å². The summed E-state index contributed by atoms with van der Waals surface area (Å²) in [7, 11) is 2.07. The van der Waals surface area contributed by atoms with E-state index in [1.807, 2.05) is 13.0 Å². The maximum Gasteiger partial charge on any atom is 0.191 e. The zero-order valence-corrected chi connectivity index (χ0v) is 22.2. The Hall–Kier alpha value is -2.94. The van der Waals surface area contributed by atoms with Crippen LogP contribution in [0.5, 0.6) is 0 Å². The molecule has 6 rings (SSSR count). The zero-order valence-electron chi connectivity index (χ0n) is 20.6. The van der Waals surface area contributed by atoms with E-state index in [2.05, 4.69) is 79.7 Å². The van der Waals surface area contributed by atoms with E-state index in [0.29, 0.717) is 0 Å². The Morgan fingerprint density at radius 3 is 2.75 bits per heavy atom. The quantitative estimate of drug-likeness (QED) is 0.189. The summed E-state index contributed by atoms with van der Waals surface area (Å²) in [5.74, 6) is 2.83. The third-order valence-corrected chi connectivity index (χ3v) is 9.00. The summed E-state index contributed by atoms with van der Waals surface area (Å²) in [6.45, 7) is 5.25. The Labute approximate surface area is 219 Å². The molecule has 0 unspecified atom stereocenters. The Morgan fingerprint density at radius 2 is 1.89 bits per heavy atom. The monoisotopic (exact) mass is 515 g/mol. The van der Waals surface area contributed by atoms with Gasteiger partial charge in [-0.3, -0.25) is 0 Å². The predicted molar refractivity (Wildman–Crippen MR) is 148 cm³/mol. The normalized spacial score (nSPS) is 14.3. The van der Waals surface area contributed by atoms with Gasteiger partial charge in [0.1, 0.15) is 11.5 Å². The van der Waals surface area contributed by atoms with Crippen LogP contribution in [0.2, 0.25) is 0 Å². The van der Waals surface area contributed by atoms with Gasteiger partial charge in [-0.2, -0.15) is 0 Å². The second-order valence-electron chi connectivity index (χ2n) is 9.36. The maximum atomic E-state index is 5.27. The van der Waals surface area contributed by atoms with E-state index in [4.69, 9.17) is 4.52 Å². The summed E-state index contributed by atoms with van der Waals surface area (Å²) >= 11 is 3.56. The molecule has 0 bridgehead atoms. The van der Waals surface area contributed by atoms with Crippen LogP contribution in [0.1, 0.15) is 23.3 Å². The number of hydrogen-bond donors (Lipinski definition) is 0. The van der Waals surface area contributed by atoms with Gasteiger partial charge in [0.15, 0.2) is 11.0 Å². The maximum absolute atomic E-state index is 5.27. The van der Waals surface area contributed by atoms with Crippen LogP contribution >= 0.6 is 23.1 Å². The number of fused-ring (bicyclic) bond motifs is 2. The lowest BCUT2D eigenvalue weighted by Crippen LogP contribution is -2.27. The number of nitrogens with zero attached hydrogens (tertiary/aromatic N) is 5. The second kappa shape index (κ2) is 10.2. The van der Waals surface area contributed by atoms with Crippen molar-refractivity contribution in [2.75, 3.05) is 25.4 Å². The van der Waals surface area contributed by atoms with Crippen LogP contribution in [0, 0.1) is 6.92 Å². The molecule has 0 spiro atoms. The molecule has 3 aromatic heterocycles. The molecule has 0 radical (unpaired) electrons. The molecule has 0 N–H and O–H groups in total. The Morgan fingerprint density at radius 1 is 1.03 bits per heavy atom. The molecule has 0 aliphatic carbocycles. The number of aryl methyl sites for hydroxylation is 1. The van der Waals surface area contributed by atoms with Crippen LogP contribution in [-0.2, 0) is 19.9 Å².